The smallest absolute Gasteiger partial charge is 0.262 e. The SMILES string of the molecule is COc1ccccc1OCC(=O)Nc1ccc2c(c1)Cc1cc(NC(=O)COc3ccccc3OC)ccc1-2. The van der Waals surface area contributed by atoms with Gasteiger partial charge in [-0.3, -0.25) is 9.59 Å². The van der Waals surface area contributed by atoms with Gasteiger partial charge in [0.15, 0.2) is 36.2 Å². The first kappa shape index (κ1) is 25.7. The molecule has 0 radical (unpaired) electrons. The average Bonchev–Trinajstić information content (AvgIpc) is 3.32. The van der Waals surface area contributed by atoms with E-state index in [9.17, 15) is 9.59 Å². The molecule has 0 heterocycles. The van der Waals surface area contributed by atoms with E-state index in [2.05, 4.69) is 10.6 Å². The van der Waals surface area contributed by atoms with Crippen LogP contribution in [0.15, 0.2) is 84.9 Å². The van der Waals surface area contributed by atoms with Crippen molar-refractivity contribution < 1.29 is 28.5 Å². The second-order valence-corrected chi connectivity index (χ2v) is 8.90. The highest BCUT2D eigenvalue weighted by atomic mass is 16.5. The van der Waals surface area contributed by atoms with Crippen LogP contribution in [0.25, 0.3) is 11.1 Å². The van der Waals surface area contributed by atoms with Crippen molar-refractivity contribution in [2.45, 2.75) is 6.42 Å². The van der Waals surface area contributed by atoms with Gasteiger partial charge in [0.05, 0.1) is 14.2 Å². The standard InChI is InChI=1S/C31H28N2O6/c1-36-26-7-3-5-9-28(26)38-18-30(34)32-22-11-13-24-20(16-22)15-21-17-23(12-14-25(21)24)33-31(35)19-39-29-10-6-4-8-27(29)37-2/h3-14,16-17H,15,18-19H2,1-2H3,(H,32,34)(H,33,35). The third kappa shape index (κ3) is 5.96. The third-order valence-corrected chi connectivity index (χ3v) is 6.30. The highest BCUT2D eigenvalue weighted by molar-refractivity contribution is 5.94. The summed E-state index contributed by atoms with van der Waals surface area (Å²) in [5, 5.41) is 5.79. The maximum Gasteiger partial charge on any atom is 0.262 e. The van der Waals surface area contributed by atoms with Crippen molar-refractivity contribution in [2.75, 3.05) is 38.1 Å². The van der Waals surface area contributed by atoms with Crippen LogP contribution in [0, 0.1) is 0 Å². The van der Waals surface area contributed by atoms with Gasteiger partial charge in [0.2, 0.25) is 0 Å². The minimum absolute atomic E-state index is 0.137. The lowest BCUT2D eigenvalue weighted by atomic mass is 10.0. The van der Waals surface area contributed by atoms with Crippen LogP contribution in [0.2, 0.25) is 0 Å². The highest BCUT2D eigenvalue weighted by Gasteiger charge is 2.20. The second kappa shape index (κ2) is 11.6. The van der Waals surface area contributed by atoms with Gasteiger partial charge in [-0.05, 0) is 77.2 Å². The van der Waals surface area contributed by atoms with Gasteiger partial charge in [-0.1, -0.05) is 36.4 Å². The summed E-state index contributed by atoms with van der Waals surface area (Å²) in [7, 11) is 3.11. The first-order chi connectivity index (χ1) is 19.0. The molecule has 0 bridgehead atoms. The van der Waals surface area contributed by atoms with Gasteiger partial charge in [0.1, 0.15) is 0 Å². The molecule has 1 aliphatic rings. The van der Waals surface area contributed by atoms with Crippen molar-refractivity contribution in [3.63, 3.8) is 0 Å². The second-order valence-electron chi connectivity index (χ2n) is 8.90. The van der Waals surface area contributed by atoms with E-state index in [1.807, 2.05) is 60.7 Å². The summed E-state index contributed by atoms with van der Waals surface area (Å²) in [4.78, 5) is 25.0. The van der Waals surface area contributed by atoms with Crippen molar-refractivity contribution in [3.05, 3.63) is 96.1 Å². The maximum absolute atomic E-state index is 12.5. The van der Waals surface area contributed by atoms with Gasteiger partial charge in [-0.25, -0.2) is 0 Å². The van der Waals surface area contributed by atoms with E-state index in [1.54, 1.807) is 38.5 Å². The third-order valence-electron chi connectivity index (χ3n) is 6.30. The number of hydrogen-bond acceptors (Lipinski definition) is 6. The Morgan fingerprint density at radius 3 is 1.44 bits per heavy atom. The molecule has 0 spiro atoms. The molecule has 8 heteroatoms. The lowest BCUT2D eigenvalue weighted by Crippen LogP contribution is -2.20. The molecule has 0 fully saturated rings. The molecule has 4 aromatic carbocycles. The highest BCUT2D eigenvalue weighted by Crippen LogP contribution is 2.39. The molecule has 198 valence electrons. The van der Waals surface area contributed by atoms with Gasteiger partial charge in [0.25, 0.3) is 11.8 Å². The number of carbonyl (C=O) groups is 2. The Balaban J connectivity index is 1.17. The molecule has 0 saturated carbocycles. The van der Waals surface area contributed by atoms with Gasteiger partial charge < -0.3 is 29.6 Å². The number of ether oxygens (including phenoxy) is 4. The van der Waals surface area contributed by atoms with Crippen LogP contribution in [0.1, 0.15) is 11.1 Å². The quantitative estimate of drug-likeness (QED) is 0.257. The fourth-order valence-corrected chi connectivity index (χ4v) is 4.52. The van der Waals surface area contributed by atoms with Crippen LogP contribution in [0.4, 0.5) is 11.4 Å². The number of hydrogen-bond donors (Lipinski definition) is 2. The summed E-state index contributed by atoms with van der Waals surface area (Å²) in [6.45, 7) is -0.275. The summed E-state index contributed by atoms with van der Waals surface area (Å²) in [6, 6.07) is 26.1. The first-order valence-corrected chi connectivity index (χ1v) is 12.4. The monoisotopic (exact) mass is 524 g/mol. The number of benzene rings is 4. The Morgan fingerprint density at radius 2 is 1.03 bits per heavy atom. The van der Waals surface area contributed by atoms with Crippen LogP contribution in [-0.2, 0) is 16.0 Å². The van der Waals surface area contributed by atoms with Crippen LogP contribution < -0.4 is 29.6 Å². The molecule has 5 rings (SSSR count). The van der Waals surface area contributed by atoms with Crippen LogP contribution in [0.3, 0.4) is 0 Å². The number of nitrogens with one attached hydrogen (secondary N) is 2. The molecule has 0 aromatic heterocycles. The lowest BCUT2D eigenvalue weighted by Gasteiger charge is -2.11. The number of para-hydroxylation sites is 4. The predicted molar refractivity (Wildman–Crippen MR) is 149 cm³/mol. The Bertz CT molecular complexity index is 1400. The zero-order valence-electron chi connectivity index (χ0n) is 21.7. The maximum atomic E-state index is 12.5. The largest absolute Gasteiger partial charge is 0.493 e. The number of carbonyl (C=O) groups excluding carboxylic acids is 2. The molecule has 1 aliphatic carbocycles. The van der Waals surface area contributed by atoms with Crippen LogP contribution in [-0.4, -0.2) is 39.2 Å². The number of fused-ring (bicyclic) bond motifs is 3. The van der Waals surface area contributed by atoms with E-state index in [0.29, 0.717) is 40.8 Å². The van der Waals surface area contributed by atoms with Crippen LogP contribution in [0.5, 0.6) is 23.0 Å². The summed E-state index contributed by atoms with van der Waals surface area (Å²) >= 11 is 0. The molecule has 0 aliphatic heterocycles. The molecule has 0 unspecified atom stereocenters. The molecule has 4 aromatic rings. The summed E-state index contributed by atoms with van der Waals surface area (Å²) in [5.41, 5.74) is 5.78. The van der Waals surface area contributed by atoms with Gasteiger partial charge in [-0.15, -0.1) is 0 Å². The topological polar surface area (TPSA) is 95.1 Å². The minimum Gasteiger partial charge on any atom is -0.493 e. The summed E-state index contributed by atoms with van der Waals surface area (Å²) < 4.78 is 21.7. The summed E-state index contributed by atoms with van der Waals surface area (Å²) in [5.74, 6) is 1.62. The number of methoxy groups -OCH3 is 2. The molecular formula is C31H28N2O6. The Hall–Kier alpha value is -4.98. The molecule has 39 heavy (non-hydrogen) atoms. The van der Waals surface area contributed by atoms with E-state index >= 15 is 0 Å². The van der Waals surface area contributed by atoms with Crippen molar-refractivity contribution in [1.82, 2.24) is 0 Å². The fourth-order valence-electron chi connectivity index (χ4n) is 4.52. The first-order valence-electron chi connectivity index (χ1n) is 12.4. The van der Waals surface area contributed by atoms with E-state index in [0.717, 1.165) is 22.3 Å². The Labute approximate surface area is 226 Å². The molecule has 2 amide bonds. The zero-order chi connectivity index (χ0) is 27.2. The minimum atomic E-state index is -0.267. The van der Waals surface area contributed by atoms with E-state index in [-0.39, 0.29) is 25.0 Å². The molecular weight excluding hydrogens is 496 g/mol. The van der Waals surface area contributed by atoms with Gasteiger partial charge >= 0.3 is 0 Å². The normalized spacial score (nSPS) is 11.1. The van der Waals surface area contributed by atoms with Crippen molar-refractivity contribution in [3.8, 4) is 34.1 Å². The van der Waals surface area contributed by atoms with Gasteiger partial charge in [0, 0.05) is 11.4 Å². The Kier molecular flexibility index (Phi) is 7.63. The predicted octanol–water partition coefficient (Wildman–Crippen LogP) is 5.31. The van der Waals surface area contributed by atoms with Crippen molar-refractivity contribution in [2.24, 2.45) is 0 Å². The number of amides is 2. The average molecular weight is 525 g/mol. The molecule has 0 atom stereocenters. The summed E-state index contributed by atoms with van der Waals surface area (Å²) in [6.07, 6.45) is 0.688. The number of anilines is 2. The molecule has 0 saturated heterocycles. The zero-order valence-corrected chi connectivity index (χ0v) is 21.7. The molecule has 2 N–H and O–H groups in total. The van der Waals surface area contributed by atoms with Crippen LogP contribution >= 0.6 is 0 Å². The molecule has 8 nitrogen and oxygen atoms in total. The van der Waals surface area contributed by atoms with E-state index in [4.69, 9.17) is 18.9 Å². The van der Waals surface area contributed by atoms with E-state index < -0.39 is 0 Å². The Morgan fingerprint density at radius 1 is 0.615 bits per heavy atom. The fraction of sp³-hybridized carbons (Fsp3) is 0.161. The van der Waals surface area contributed by atoms with Crippen molar-refractivity contribution >= 4 is 23.2 Å². The lowest BCUT2D eigenvalue weighted by molar-refractivity contribution is -0.118. The van der Waals surface area contributed by atoms with Crippen molar-refractivity contribution in [1.29, 1.82) is 0 Å². The number of rotatable bonds is 10. The van der Waals surface area contributed by atoms with Gasteiger partial charge in [-0.2, -0.15) is 0 Å². The van der Waals surface area contributed by atoms with E-state index in [1.165, 1.54) is 0 Å².